The van der Waals surface area contributed by atoms with Crippen molar-refractivity contribution in [2.75, 3.05) is 25.0 Å². The third-order valence-electron chi connectivity index (χ3n) is 6.24. The normalized spacial score (nSPS) is 23.5. The molecule has 1 aromatic rings. The fourth-order valence-electron chi connectivity index (χ4n) is 4.56. The molecule has 2 fully saturated rings. The fraction of sp³-hybridized carbons (Fsp3) is 0.478. The molecule has 3 aliphatic rings. The van der Waals surface area contributed by atoms with E-state index >= 15 is 0 Å². The molecule has 2 heterocycles. The van der Waals surface area contributed by atoms with Crippen LogP contribution in [0.4, 0.5) is 5.69 Å². The van der Waals surface area contributed by atoms with Crippen molar-refractivity contribution in [3.05, 3.63) is 42.0 Å². The van der Waals surface area contributed by atoms with Gasteiger partial charge in [-0.15, -0.1) is 0 Å². The molecule has 2 atom stereocenters. The zero-order valence-electron chi connectivity index (χ0n) is 17.0. The number of amides is 4. The average molecular weight is 409 g/mol. The van der Waals surface area contributed by atoms with Gasteiger partial charge in [-0.25, -0.2) is 0 Å². The van der Waals surface area contributed by atoms with E-state index in [0.29, 0.717) is 24.1 Å². The van der Waals surface area contributed by atoms with E-state index in [4.69, 9.17) is 0 Å². The van der Waals surface area contributed by atoms with Crippen LogP contribution in [0.3, 0.4) is 0 Å². The van der Waals surface area contributed by atoms with E-state index in [9.17, 15) is 19.2 Å². The molecule has 0 saturated carbocycles. The first-order valence-electron chi connectivity index (χ1n) is 10.7. The van der Waals surface area contributed by atoms with Crippen molar-refractivity contribution < 1.29 is 19.2 Å². The lowest BCUT2D eigenvalue weighted by atomic mass is 9.85. The molecule has 1 N–H and O–H groups in total. The van der Waals surface area contributed by atoms with Crippen LogP contribution < -0.4 is 5.32 Å². The lowest BCUT2D eigenvalue weighted by molar-refractivity contribution is -0.140. The van der Waals surface area contributed by atoms with Gasteiger partial charge in [-0.3, -0.25) is 24.1 Å². The van der Waals surface area contributed by atoms with E-state index in [0.717, 1.165) is 32.4 Å². The Morgan fingerprint density at radius 1 is 0.933 bits per heavy atom. The van der Waals surface area contributed by atoms with Gasteiger partial charge < -0.3 is 10.2 Å². The molecule has 7 heteroatoms. The maximum absolute atomic E-state index is 12.9. The van der Waals surface area contributed by atoms with Gasteiger partial charge in [-0.2, -0.15) is 0 Å². The van der Waals surface area contributed by atoms with Gasteiger partial charge in [0.2, 0.25) is 17.7 Å². The van der Waals surface area contributed by atoms with Crippen LogP contribution in [0.1, 0.15) is 48.9 Å². The lowest BCUT2D eigenvalue weighted by Crippen LogP contribution is -2.36. The first-order valence-corrected chi connectivity index (χ1v) is 10.7. The summed E-state index contributed by atoms with van der Waals surface area (Å²) in [6.07, 6.45) is 8.20. The molecular weight excluding hydrogens is 382 g/mol. The maximum Gasteiger partial charge on any atom is 0.255 e. The molecule has 2 aliphatic heterocycles. The summed E-state index contributed by atoms with van der Waals surface area (Å²) in [5.74, 6) is -1.32. The largest absolute Gasteiger partial charge is 0.339 e. The Balaban J connectivity index is 1.37. The van der Waals surface area contributed by atoms with Crippen molar-refractivity contribution in [1.82, 2.24) is 9.80 Å². The topological polar surface area (TPSA) is 86.8 Å². The fourth-order valence-corrected chi connectivity index (χ4v) is 4.56. The summed E-state index contributed by atoms with van der Waals surface area (Å²) >= 11 is 0. The van der Waals surface area contributed by atoms with Crippen molar-refractivity contribution in [2.24, 2.45) is 11.8 Å². The highest BCUT2D eigenvalue weighted by atomic mass is 16.2. The van der Waals surface area contributed by atoms with E-state index in [1.807, 2.05) is 17.1 Å². The minimum atomic E-state index is -0.317. The average Bonchev–Trinajstić information content (AvgIpc) is 3.03. The first kappa shape index (κ1) is 20.3. The van der Waals surface area contributed by atoms with Crippen LogP contribution in [0.2, 0.25) is 0 Å². The van der Waals surface area contributed by atoms with Crippen LogP contribution in [-0.2, 0) is 14.4 Å². The number of para-hydroxylation sites is 1. The number of allylic oxidation sites excluding steroid dienone is 2. The van der Waals surface area contributed by atoms with Crippen molar-refractivity contribution >= 4 is 29.3 Å². The maximum atomic E-state index is 12.9. The lowest BCUT2D eigenvalue weighted by Gasteiger charge is -2.27. The second kappa shape index (κ2) is 8.81. The summed E-state index contributed by atoms with van der Waals surface area (Å²) < 4.78 is 0. The van der Waals surface area contributed by atoms with E-state index in [1.54, 1.807) is 24.3 Å². The monoisotopic (exact) mass is 409 g/mol. The van der Waals surface area contributed by atoms with Crippen molar-refractivity contribution in [3.8, 4) is 0 Å². The summed E-state index contributed by atoms with van der Waals surface area (Å²) in [5, 5.41) is 2.80. The van der Waals surface area contributed by atoms with Crippen LogP contribution in [0.25, 0.3) is 0 Å². The Morgan fingerprint density at radius 2 is 1.57 bits per heavy atom. The van der Waals surface area contributed by atoms with Gasteiger partial charge in [0.15, 0.2) is 0 Å². The molecule has 158 valence electrons. The third kappa shape index (κ3) is 4.01. The van der Waals surface area contributed by atoms with Gasteiger partial charge in [-0.05, 0) is 44.2 Å². The molecule has 4 rings (SSSR count). The minimum Gasteiger partial charge on any atom is -0.339 e. The number of nitrogens with one attached hydrogen (secondary N) is 1. The van der Waals surface area contributed by atoms with E-state index < -0.39 is 0 Å². The number of carbonyl (C=O) groups is 4. The number of likely N-dealkylation sites (tertiary alicyclic amines) is 2. The summed E-state index contributed by atoms with van der Waals surface area (Å²) in [5.41, 5.74) is 0.938. The van der Waals surface area contributed by atoms with Crippen LogP contribution in [0.5, 0.6) is 0 Å². The summed E-state index contributed by atoms with van der Waals surface area (Å²) in [4.78, 5) is 53.5. The van der Waals surface area contributed by atoms with Gasteiger partial charge in [0.05, 0.1) is 23.1 Å². The zero-order chi connectivity index (χ0) is 21.1. The second-order valence-electron chi connectivity index (χ2n) is 8.18. The van der Waals surface area contributed by atoms with Gasteiger partial charge in [0.1, 0.15) is 0 Å². The van der Waals surface area contributed by atoms with Gasteiger partial charge in [0.25, 0.3) is 5.91 Å². The molecule has 0 spiro atoms. The molecule has 4 amide bonds. The number of nitrogens with zero attached hydrogens (tertiary/aromatic N) is 2. The van der Waals surface area contributed by atoms with Crippen molar-refractivity contribution in [1.29, 1.82) is 0 Å². The van der Waals surface area contributed by atoms with Crippen LogP contribution >= 0.6 is 0 Å². The predicted molar refractivity (Wildman–Crippen MR) is 112 cm³/mol. The predicted octanol–water partition coefficient (Wildman–Crippen LogP) is 2.59. The first-order chi connectivity index (χ1) is 14.6. The highest BCUT2D eigenvalue weighted by molar-refractivity contribution is 6.06. The molecule has 7 nitrogen and oxygen atoms in total. The number of hydrogen-bond donors (Lipinski definition) is 1. The summed E-state index contributed by atoms with van der Waals surface area (Å²) in [6, 6.07) is 6.98. The highest BCUT2D eigenvalue weighted by Crippen LogP contribution is 2.35. The third-order valence-corrected chi connectivity index (χ3v) is 6.24. The Bertz CT molecular complexity index is 862. The van der Waals surface area contributed by atoms with Gasteiger partial charge in [0, 0.05) is 26.1 Å². The van der Waals surface area contributed by atoms with E-state index in [1.165, 1.54) is 4.90 Å². The number of hydrogen-bond acceptors (Lipinski definition) is 4. The van der Waals surface area contributed by atoms with E-state index in [2.05, 4.69) is 5.32 Å². The smallest absolute Gasteiger partial charge is 0.255 e. The second-order valence-corrected chi connectivity index (χ2v) is 8.18. The number of benzene rings is 1. The Kier molecular flexibility index (Phi) is 5.97. The molecule has 1 aromatic carbocycles. The molecule has 0 radical (unpaired) electrons. The van der Waals surface area contributed by atoms with Crippen LogP contribution in [0.15, 0.2) is 36.4 Å². The number of carbonyl (C=O) groups excluding carboxylic acids is 4. The zero-order valence-corrected chi connectivity index (χ0v) is 17.0. The SMILES string of the molecule is O=C(CCN1C(=O)[C@H]2CC=CC[C@H]2C1=O)Nc1ccccc1C(=O)N1CCCCC1. The Labute approximate surface area is 176 Å². The van der Waals surface area contributed by atoms with Gasteiger partial charge >= 0.3 is 0 Å². The van der Waals surface area contributed by atoms with Gasteiger partial charge in [-0.1, -0.05) is 24.3 Å². The molecule has 30 heavy (non-hydrogen) atoms. The molecule has 0 unspecified atom stereocenters. The summed E-state index contributed by atoms with van der Waals surface area (Å²) in [7, 11) is 0. The number of anilines is 1. The standard InChI is InChI=1S/C23H27N3O4/c27-20(12-15-26-22(29)16-8-2-3-9-17(16)23(26)30)24-19-11-5-4-10-18(19)21(28)25-13-6-1-7-14-25/h2-5,10-11,16-17H,1,6-9,12-15H2,(H,24,27)/t16-,17+. The van der Waals surface area contributed by atoms with Crippen molar-refractivity contribution in [3.63, 3.8) is 0 Å². The number of piperidine rings is 1. The number of rotatable bonds is 5. The van der Waals surface area contributed by atoms with Crippen LogP contribution in [0, 0.1) is 11.8 Å². The number of imide groups is 1. The molecule has 2 saturated heterocycles. The van der Waals surface area contributed by atoms with E-state index in [-0.39, 0.29) is 48.4 Å². The Morgan fingerprint density at radius 3 is 2.23 bits per heavy atom. The molecular formula is C23H27N3O4. The Hall–Kier alpha value is -2.96. The molecule has 0 bridgehead atoms. The molecule has 1 aliphatic carbocycles. The quantitative estimate of drug-likeness (QED) is 0.598. The highest BCUT2D eigenvalue weighted by Gasteiger charge is 2.46. The minimum absolute atomic E-state index is 0.0105. The summed E-state index contributed by atoms with van der Waals surface area (Å²) in [6.45, 7) is 1.54. The number of fused-ring (bicyclic) bond motifs is 1. The molecule has 0 aromatic heterocycles. The van der Waals surface area contributed by atoms with Crippen LogP contribution in [-0.4, -0.2) is 53.1 Å². The van der Waals surface area contributed by atoms with Crippen molar-refractivity contribution in [2.45, 2.75) is 38.5 Å².